The van der Waals surface area contributed by atoms with Crippen molar-refractivity contribution < 1.29 is 0 Å². The Labute approximate surface area is 137 Å². The number of halogens is 1. The first kappa shape index (κ1) is 14.0. The van der Waals surface area contributed by atoms with Gasteiger partial charge in [0.15, 0.2) is 0 Å². The maximum Gasteiger partial charge on any atom is 0.214 e. The summed E-state index contributed by atoms with van der Waals surface area (Å²) in [6.07, 6.45) is 4.17. The van der Waals surface area contributed by atoms with E-state index >= 15 is 0 Å². The molecule has 0 radical (unpaired) electrons. The zero-order valence-electron chi connectivity index (χ0n) is 12.7. The SMILES string of the molecule is Cc1cn2nc(N3CCCC3c3c(C)nn(C)c3Cl)sc2n1. The number of hydrogen-bond acceptors (Lipinski definition) is 5. The molecule has 4 heterocycles. The molecule has 1 aliphatic heterocycles. The van der Waals surface area contributed by atoms with Crippen LogP contribution in [0, 0.1) is 13.8 Å². The molecular weight excluding hydrogens is 320 g/mol. The molecule has 1 saturated heterocycles. The van der Waals surface area contributed by atoms with Crippen molar-refractivity contribution in [2.24, 2.45) is 7.05 Å². The molecule has 0 aromatic carbocycles. The maximum atomic E-state index is 6.46. The van der Waals surface area contributed by atoms with Crippen molar-refractivity contribution in [3.63, 3.8) is 0 Å². The Morgan fingerprint density at radius 1 is 1.32 bits per heavy atom. The minimum atomic E-state index is 0.248. The Balaban J connectivity index is 1.75. The zero-order valence-corrected chi connectivity index (χ0v) is 14.3. The van der Waals surface area contributed by atoms with E-state index in [9.17, 15) is 0 Å². The second-order valence-corrected chi connectivity index (χ2v) is 7.05. The lowest BCUT2D eigenvalue weighted by atomic mass is 10.1. The average Bonchev–Trinajstić information content (AvgIpc) is 3.15. The van der Waals surface area contributed by atoms with Crippen molar-refractivity contribution in [1.29, 1.82) is 0 Å². The van der Waals surface area contributed by atoms with Crippen LogP contribution in [-0.4, -0.2) is 30.9 Å². The number of hydrogen-bond donors (Lipinski definition) is 0. The zero-order chi connectivity index (χ0) is 15.4. The molecule has 0 aliphatic carbocycles. The van der Waals surface area contributed by atoms with E-state index in [0.717, 1.165) is 51.6 Å². The highest BCUT2D eigenvalue weighted by Gasteiger charge is 2.33. The number of aryl methyl sites for hydroxylation is 3. The molecule has 0 amide bonds. The van der Waals surface area contributed by atoms with Crippen LogP contribution in [0.15, 0.2) is 6.20 Å². The Morgan fingerprint density at radius 2 is 2.14 bits per heavy atom. The highest BCUT2D eigenvalue weighted by atomic mass is 35.5. The van der Waals surface area contributed by atoms with Gasteiger partial charge in [0, 0.05) is 19.2 Å². The van der Waals surface area contributed by atoms with Gasteiger partial charge < -0.3 is 4.90 Å². The third-order valence-corrected chi connectivity index (χ3v) is 5.59. The van der Waals surface area contributed by atoms with E-state index in [0.29, 0.717) is 0 Å². The Kier molecular flexibility index (Phi) is 3.16. The summed E-state index contributed by atoms with van der Waals surface area (Å²) < 4.78 is 3.61. The van der Waals surface area contributed by atoms with Crippen LogP contribution in [0.4, 0.5) is 5.13 Å². The number of imidazole rings is 1. The largest absolute Gasteiger partial charge is 0.339 e. The number of anilines is 1. The Bertz CT molecular complexity index is 816. The molecule has 0 bridgehead atoms. The molecule has 0 N–H and O–H groups in total. The number of nitrogens with zero attached hydrogens (tertiary/aromatic N) is 6. The van der Waals surface area contributed by atoms with Gasteiger partial charge in [-0.1, -0.05) is 22.9 Å². The van der Waals surface area contributed by atoms with Crippen LogP contribution < -0.4 is 4.90 Å². The standard InChI is InChI=1S/C14H17ClN6S/c1-8-7-21-13(16-8)22-14(18-21)20-6-4-5-10(20)11-9(2)17-19(3)12(11)15/h7,10H,4-6H2,1-3H3. The highest BCUT2D eigenvalue weighted by molar-refractivity contribution is 7.20. The lowest BCUT2D eigenvalue weighted by Gasteiger charge is -2.23. The molecule has 4 rings (SSSR count). The first-order valence-electron chi connectivity index (χ1n) is 7.33. The summed E-state index contributed by atoms with van der Waals surface area (Å²) in [4.78, 5) is 7.77. The third-order valence-electron chi connectivity index (χ3n) is 4.18. The monoisotopic (exact) mass is 336 g/mol. The van der Waals surface area contributed by atoms with Crippen molar-refractivity contribution in [1.82, 2.24) is 24.4 Å². The third kappa shape index (κ3) is 2.03. The summed E-state index contributed by atoms with van der Waals surface area (Å²) in [6, 6.07) is 0.248. The minimum Gasteiger partial charge on any atom is -0.339 e. The lowest BCUT2D eigenvalue weighted by molar-refractivity contribution is 0.705. The molecule has 6 nitrogen and oxygen atoms in total. The van der Waals surface area contributed by atoms with Gasteiger partial charge in [-0.05, 0) is 26.7 Å². The van der Waals surface area contributed by atoms with E-state index in [-0.39, 0.29) is 6.04 Å². The summed E-state index contributed by atoms with van der Waals surface area (Å²) in [5.41, 5.74) is 3.13. The fraction of sp³-hybridized carbons (Fsp3) is 0.500. The van der Waals surface area contributed by atoms with Gasteiger partial charge in [-0.25, -0.2) is 9.50 Å². The van der Waals surface area contributed by atoms with Crippen LogP contribution in [0.1, 0.15) is 35.8 Å². The van der Waals surface area contributed by atoms with Crippen molar-refractivity contribution in [2.45, 2.75) is 32.7 Å². The van der Waals surface area contributed by atoms with Gasteiger partial charge in [-0.2, -0.15) is 5.10 Å². The molecule has 0 spiro atoms. The summed E-state index contributed by atoms with van der Waals surface area (Å²) in [6.45, 7) is 5.00. The molecule has 8 heteroatoms. The lowest BCUT2D eigenvalue weighted by Crippen LogP contribution is -2.23. The van der Waals surface area contributed by atoms with Crippen molar-refractivity contribution in [2.75, 3.05) is 11.4 Å². The number of rotatable bonds is 2. The molecule has 1 unspecified atom stereocenters. The molecule has 1 aliphatic rings. The molecule has 3 aromatic heterocycles. The molecule has 0 saturated carbocycles. The van der Waals surface area contributed by atoms with E-state index in [2.05, 4.69) is 20.1 Å². The van der Waals surface area contributed by atoms with Crippen LogP contribution in [0.2, 0.25) is 5.15 Å². The Hall–Kier alpha value is -1.60. The normalized spacial score (nSPS) is 18.7. The molecule has 3 aromatic rings. The maximum absolute atomic E-state index is 6.46. The van der Waals surface area contributed by atoms with Gasteiger partial charge in [0.2, 0.25) is 10.1 Å². The van der Waals surface area contributed by atoms with E-state index < -0.39 is 0 Å². The van der Waals surface area contributed by atoms with Gasteiger partial charge in [-0.15, -0.1) is 5.10 Å². The second kappa shape index (κ2) is 4.96. The minimum absolute atomic E-state index is 0.248. The predicted molar refractivity (Wildman–Crippen MR) is 87.9 cm³/mol. The fourth-order valence-electron chi connectivity index (χ4n) is 3.24. The Morgan fingerprint density at radius 3 is 2.82 bits per heavy atom. The van der Waals surface area contributed by atoms with Crippen molar-refractivity contribution in [3.8, 4) is 0 Å². The molecule has 22 heavy (non-hydrogen) atoms. The first-order valence-corrected chi connectivity index (χ1v) is 8.52. The molecular formula is C14H17ClN6S. The van der Waals surface area contributed by atoms with Gasteiger partial charge in [-0.3, -0.25) is 4.68 Å². The summed E-state index contributed by atoms with van der Waals surface area (Å²) in [5, 5.41) is 10.9. The first-order chi connectivity index (χ1) is 10.5. The summed E-state index contributed by atoms with van der Waals surface area (Å²) in [7, 11) is 1.89. The van der Waals surface area contributed by atoms with Gasteiger partial charge in [0.1, 0.15) is 5.15 Å². The van der Waals surface area contributed by atoms with E-state index in [4.69, 9.17) is 11.6 Å². The van der Waals surface area contributed by atoms with Crippen LogP contribution in [0.3, 0.4) is 0 Å². The topological polar surface area (TPSA) is 51.2 Å². The quantitative estimate of drug-likeness (QED) is 0.721. The van der Waals surface area contributed by atoms with Crippen LogP contribution in [-0.2, 0) is 7.05 Å². The van der Waals surface area contributed by atoms with E-state index in [1.807, 2.05) is 31.6 Å². The van der Waals surface area contributed by atoms with Gasteiger partial charge in [0.05, 0.1) is 23.6 Å². The van der Waals surface area contributed by atoms with Gasteiger partial charge >= 0.3 is 0 Å². The number of aromatic nitrogens is 5. The van der Waals surface area contributed by atoms with E-state index in [1.54, 1.807) is 16.0 Å². The smallest absolute Gasteiger partial charge is 0.214 e. The average molecular weight is 337 g/mol. The van der Waals surface area contributed by atoms with Crippen molar-refractivity contribution >= 4 is 33.0 Å². The van der Waals surface area contributed by atoms with Gasteiger partial charge in [0.25, 0.3) is 0 Å². The molecule has 1 atom stereocenters. The molecule has 116 valence electrons. The van der Waals surface area contributed by atoms with Crippen molar-refractivity contribution in [3.05, 3.63) is 28.3 Å². The molecule has 1 fully saturated rings. The predicted octanol–water partition coefficient (Wildman–Crippen LogP) is 3.14. The highest BCUT2D eigenvalue weighted by Crippen LogP contribution is 2.41. The second-order valence-electron chi connectivity index (χ2n) is 5.76. The van der Waals surface area contributed by atoms with Crippen LogP contribution in [0.25, 0.3) is 4.96 Å². The van der Waals surface area contributed by atoms with Crippen LogP contribution >= 0.6 is 22.9 Å². The number of fused-ring (bicyclic) bond motifs is 1. The summed E-state index contributed by atoms with van der Waals surface area (Å²) in [5.74, 6) is 0. The van der Waals surface area contributed by atoms with Crippen LogP contribution in [0.5, 0.6) is 0 Å². The van der Waals surface area contributed by atoms with E-state index in [1.165, 1.54) is 0 Å². The summed E-state index contributed by atoms with van der Waals surface area (Å²) >= 11 is 8.09. The fourth-order valence-corrected chi connectivity index (χ4v) is 4.54.